The molecule has 5 rings (SSSR count). The average molecular weight is 485 g/mol. The van der Waals surface area contributed by atoms with E-state index in [-0.39, 0.29) is 22.7 Å². The van der Waals surface area contributed by atoms with Gasteiger partial charge in [0.2, 0.25) is 0 Å². The second kappa shape index (κ2) is 8.44. The molecule has 0 bridgehead atoms. The first-order chi connectivity index (χ1) is 16.2. The minimum Gasteiger partial charge on any atom is -0.485 e. The van der Waals surface area contributed by atoms with Gasteiger partial charge in [-0.15, -0.1) is 0 Å². The zero-order chi connectivity index (χ0) is 24.3. The molecular formula is C28H33ClO5. The number of carboxylic acids is 1. The second-order valence-corrected chi connectivity index (χ2v) is 11.5. The van der Waals surface area contributed by atoms with E-state index in [0.29, 0.717) is 40.5 Å². The Labute approximate surface area is 206 Å². The number of aliphatic carboxylic acids is 1. The van der Waals surface area contributed by atoms with Gasteiger partial charge in [-0.3, -0.25) is 4.79 Å². The fraction of sp³-hybridized carbons (Fsp3) is 0.571. The summed E-state index contributed by atoms with van der Waals surface area (Å²) in [6.07, 6.45) is 9.21. The van der Waals surface area contributed by atoms with Crippen molar-refractivity contribution in [2.24, 2.45) is 34.5 Å². The summed E-state index contributed by atoms with van der Waals surface area (Å²) in [6.45, 7) is 4.52. The van der Waals surface area contributed by atoms with Crippen molar-refractivity contribution in [3.05, 3.63) is 52.6 Å². The van der Waals surface area contributed by atoms with Gasteiger partial charge < -0.3 is 14.6 Å². The van der Waals surface area contributed by atoms with Gasteiger partial charge in [0.05, 0.1) is 18.6 Å². The Balaban J connectivity index is 1.49. The summed E-state index contributed by atoms with van der Waals surface area (Å²) >= 11 is 6.05. The van der Waals surface area contributed by atoms with Crippen LogP contribution >= 0.6 is 11.6 Å². The molecule has 0 spiro atoms. The maximum Gasteiger partial charge on any atom is 0.337 e. The standard InChI is InChI=1S/C28H33ClO5/c1-27-13-12-22-19(21(27)10-11-23(27)25(30)31)9-4-16-14-20(26(32)33-3)24(15-28(16,22)2)34-18-7-5-17(29)6-8-18/h4-8,14,19,21-24H,9-13,15H2,1-3H3,(H,30,31)/t19-,21-,22-,23+,24+,27-,28-/m0/s1. The maximum absolute atomic E-state index is 12.7. The van der Waals surface area contributed by atoms with E-state index in [9.17, 15) is 14.7 Å². The van der Waals surface area contributed by atoms with Gasteiger partial charge >= 0.3 is 11.9 Å². The van der Waals surface area contributed by atoms with Crippen molar-refractivity contribution in [3.8, 4) is 5.75 Å². The first-order valence-electron chi connectivity index (χ1n) is 12.3. The number of allylic oxidation sites excluding steroid dienone is 3. The van der Waals surface area contributed by atoms with Gasteiger partial charge in [0.25, 0.3) is 0 Å². The zero-order valence-electron chi connectivity index (χ0n) is 20.1. The van der Waals surface area contributed by atoms with Gasteiger partial charge in [-0.1, -0.05) is 31.5 Å². The summed E-state index contributed by atoms with van der Waals surface area (Å²) in [5, 5.41) is 10.5. The molecule has 0 heterocycles. The molecule has 6 heteroatoms. The van der Waals surface area contributed by atoms with Crippen LogP contribution < -0.4 is 4.74 Å². The Morgan fingerprint density at radius 1 is 1.09 bits per heavy atom. The average Bonchev–Trinajstić information content (AvgIpc) is 3.17. The van der Waals surface area contributed by atoms with Crippen LogP contribution in [0.3, 0.4) is 0 Å². The van der Waals surface area contributed by atoms with Gasteiger partial charge in [0.15, 0.2) is 0 Å². The van der Waals surface area contributed by atoms with E-state index in [0.717, 1.165) is 32.1 Å². The molecule has 0 amide bonds. The smallest absolute Gasteiger partial charge is 0.337 e. The van der Waals surface area contributed by atoms with Crippen LogP contribution in [-0.4, -0.2) is 30.3 Å². The lowest BCUT2D eigenvalue weighted by molar-refractivity contribution is -0.148. The fourth-order valence-electron chi connectivity index (χ4n) is 7.86. The summed E-state index contributed by atoms with van der Waals surface area (Å²) in [6, 6.07) is 7.22. The van der Waals surface area contributed by atoms with Gasteiger partial charge in [0.1, 0.15) is 11.9 Å². The van der Waals surface area contributed by atoms with E-state index in [4.69, 9.17) is 21.1 Å². The van der Waals surface area contributed by atoms with Crippen LogP contribution in [0.2, 0.25) is 5.02 Å². The lowest BCUT2D eigenvalue weighted by atomic mass is 9.47. The van der Waals surface area contributed by atoms with Crippen LogP contribution in [0.25, 0.3) is 0 Å². The number of methoxy groups -OCH3 is 1. The summed E-state index contributed by atoms with van der Waals surface area (Å²) in [5.74, 6) is 0.745. The van der Waals surface area contributed by atoms with Gasteiger partial charge in [0, 0.05) is 5.02 Å². The SMILES string of the molecule is COC(=O)C1=CC2=CC[C@H]3[C@@H]4CC[C@H](C(=O)O)[C@@]4(C)CC[C@@H]3[C@@]2(C)C[C@H]1Oc1ccc(Cl)cc1. The molecule has 5 nitrogen and oxygen atoms in total. The summed E-state index contributed by atoms with van der Waals surface area (Å²) in [5.41, 5.74) is 1.48. The topological polar surface area (TPSA) is 72.8 Å². The monoisotopic (exact) mass is 484 g/mol. The van der Waals surface area contributed by atoms with E-state index >= 15 is 0 Å². The van der Waals surface area contributed by atoms with Crippen LogP contribution in [0, 0.1) is 34.5 Å². The number of rotatable bonds is 4. The predicted molar refractivity (Wildman–Crippen MR) is 130 cm³/mol. The van der Waals surface area contributed by atoms with Crippen LogP contribution in [0.4, 0.5) is 0 Å². The highest BCUT2D eigenvalue weighted by Gasteiger charge is 2.60. The van der Waals surface area contributed by atoms with Gasteiger partial charge in [-0.05, 0) is 103 Å². The number of benzene rings is 1. The largest absolute Gasteiger partial charge is 0.485 e. The highest BCUT2D eigenvalue weighted by atomic mass is 35.5. The fourth-order valence-corrected chi connectivity index (χ4v) is 7.99. The third-order valence-electron chi connectivity index (χ3n) is 9.60. The minimum absolute atomic E-state index is 0.129. The Morgan fingerprint density at radius 3 is 2.50 bits per heavy atom. The molecule has 7 atom stereocenters. The number of esters is 1. The molecular weight excluding hydrogens is 452 g/mol. The van der Waals surface area contributed by atoms with Crippen molar-refractivity contribution in [1.29, 1.82) is 0 Å². The van der Waals surface area contributed by atoms with Crippen molar-refractivity contribution < 1.29 is 24.2 Å². The highest BCUT2D eigenvalue weighted by Crippen LogP contribution is 2.66. The third kappa shape index (κ3) is 3.59. The molecule has 34 heavy (non-hydrogen) atoms. The van der Waals surface area contributed by atoms with E-state index in [1.165, 1.54) is 12.7 Å². The number of hydrogen-bond acceptors (Lipinski definition) is 4. The molecule has 4 aliphatic carbocycles. The number of hydrogen-bond donors (Lipinski definition) is 1. The molecule has 1 aromatic rings. The number of carboxylic acid groups (broad SMARTS) is 1. The molecule has 2 saturated carbocycles. The van der Waals surface area contributed by atoms with Crippen LogP contribution in [0.15, 0.2) is 47.6 Å². The highest BCUT2D eigenvalue weighted by molar-refractivity contribution is 6.30. The first-order valence-corrected chi connectivity index (χ1v) is 12.7. The molecule has 1 N–H and O–H groups in total. The van der Waals surface area contributed by atoms with Crippen molar-refractivity contribution in [2.45, 2.75) is 58.5 Å². The number of fused-ring (bicyclic) bond motifs is 5. The Bertz CT molecular complexity index is 1060. The van der Waals surface area contributed by atoms with Crippen LogP contribution in [-0.2, 0) is 14.3 Å². The molecule has 0 radical (unpaired) electrons. The first kappa shape index (κ1) is 23.5. The van der Waals surface area contributed by atoms with Crippen LogP contribution in [0.1, 0.15) is 52.4 Å². The summed E-state index contributed by atoms with van der Waals surface area (Å²) in [4.78, 5) is 24.7. The molecule has 1 aromatic carbocycles. The second-order valence-electron chi connectivity index (χ2n) is 11.1. The normalized spacial score (nSPS) is 38.5. The van der Waals surface area contributed by atoms with Crippen molar-refractivity contribution >= 4 is 23.5 Å². The number of ether oxygens (including phenoxy) is 2. The van der Waals surface area contributed by atoms with E-state index in [1.54, 1.807) is 12.1 Å². The van der Waals surface area contributed by atoms with E-state index in [2.05, 4.69) is 19.9 Å². The Hall–Kier alpha value is -2.27. The molecule has 182 valence electrons. The summed E-state index contributed by atoms with van der Waals surface area (Å²) < 4.78 is 11.5. The van der Waals surface area contributed by atoms with Crippen LogP contribution in [0.5, 0.6) is 5.75 Å². The van der Waals surface area contributed by atoms with E-state index in [1.807, 2.05) is 18.2 Å². The zero-order valence-corrected chi connectivity index (χ0v) is 20.8. The lowest BCUT2D eigenvalue weighted by Gasteiger charge is -2.57. The third-order valence-corrected chi connectivity index (χ3v) is 9.86. The van der Waals surface area contributed by atoms with Crippen molar-refractivity contribution in [2.75, 3.05) is 7.11 Å². The number of halogens is 1. The summed E-state index contributed by atoms with van der Waals surface area (Å²) in [7, 11) is 1.41. The number of carbonyl (C=O) groups excluding carboxylic acids is 1. The molecule has 0 unspecified atom stereocenters. The van der Waals surface area contributed by atoms with E-state index < -0.39 is 12.1 Å². The van der Waals surface area contributed by atoms with Gasteiger partial charge in [-0.2, -0.15) is 0 Å². The molecule has 0 saturated heterocycles. The maximum atomic E-state index is 12.7. The minimum atomic E-state index is -0.638. The quantitative estimate of drug-likeness (QED) is 0.525. The lowest BCUT2D eigenvalue weighted by Crippen LogP contribution is -2.52. The molecule has 0 aliphatic heterocycles. The van der Waals surface area contributed by atoms with Gasteiger partial charge in [-0.25, -0.2) is 4.79 Å². The predicted octanol–water partition coefficient (Wildman–Crippen LogP) is 6.07. The number of carbonyl (C=O) groups is 2. The Morgan fingerprint density at radius 2 is 1.82 bits per heavy atom. The molecule has 0 aromatic heterocycles. The van der Waals surface area contributed by atoms with Crippen molar-refractivity contribution in [1.82, 2.24) is 0 Å². The van der Waals surface area contributed by atoms with Crippen molar-refractivity contribution in [3.63, 3.8) is 0 Å². The molecule has 2 fully saturated rings. The molecule has 4 aliphatic rings. The Kier molecular flexibility index (Phi) is 5.83.